The molecule has 1 atom stereocenters. The smallest absolute Gasteiger partial charge is 0.225 e. The van der Waals surface area contributed by atoms with Crippen LogP contribution in [0.5, 0.6) is 0 Å². The van der Waals surface area contributed by atoms with E-state index in [0.29, 0.717) is 5.91 Å². The van der Waals surface area contributed by atoms with Crippen LogP contribution in [0.4, 0.5) is 0 Å². The number of hydrogen-bond acceptors (Lipinski definition) is 1. The van der Waals surface area contributed by atoms with Crippen molar-refractivity contribution in [2.24, 2.45) is 5.92 Å². The van der Waals surface area contributed by atoms with E-state index in [2.05, 4.69) is 26.8 Å². The van der Waals surface area contributed by atoms with E-state index in [1.807, 2.05) is 18.7 Å². The van der Waals surface area contributed by atoms with Gasteiger partial charge in [-0.3, -0.25) is 4.79 Å². The maximum Gasteiger partial charge on any atom is 0.225 e. The summed E-state index contributed by atoms with van der Waals surface area (Å²) in [5.41, 5.74) is 1.42. The molecular formula is C15H29NO. The molecule has 0 aromatic rings. The van der Waals surface area contributed by atoms with Crippen LogP contribution in [0.1, 0.15) is 60.3 Å². The minimum atomic E-state index is 0.252. The van der Waals surface area contributed by atoms with Crippen molar-refractivity contribution < 1.29 is 4.79 Å². The first-order valence-corrected chi connectivity index (χ1v) is 7.13. The van der Waals surface area contributed by atoms with Crippen molar-refractivity contribution in [3.05, 3.63) is 11.6 Å². The summed E-state index contributed by atoms with van der Waals surface area (Å²) in [5.74, 6) is 0.616. The summed E-state index contributed by atoms with van der Waals surface area (Å²) in [6.45, 7) is 12.1. The van der Waals surface area contributed by atoms with Gasteiger partial charge in [0.1, 0.15) is 0 Å². The van der Waals surface area contributed by atoms with E-state index in [1.54, 1.807) is 0 Å². The lowest BCUT2D eigenvalue weighted by Gasteiger charge is -2.29. The molecule has 1 heterocycles. The van der Waals surface area contributed by atoms with E-state index < -0.39 is 0 Å². The fraction of sp³-hybridized carbons (Fsp3) is 0.800. The van der Waals surface area contributed by atoms with Crippen LogP contribution in [0.15, 0.2) is 11.6 Å². The first-order valence-electron chi connectivity index (χ1n) is 7.13. The summed E-state index contributed by atoms with van der Waals surface area (Å²) in [7, 11) is 0. The molecule has 0 saturated heterocycles. The van der Waals surface area contributed by atoms with E-state index in [0.717, 1.165) is 38.8 Å². The molecule has 1 rings (SSSR count). The van der Waals surface area contributed by atoms with Crippen LogP contribution >= 0.6 is 0 Å². The summed E-state index contributed by atoms with van der Waals surface area (Å²) in [5, 5.41) is 0. The second kappa shape index (κ2) is 9.26. The van der Waals surface area contributed by atoms with E-state index in [9.17, 15) is 4.79 Å². The van der Waals surface area contributed by atoms with Gasteiger partial charge in [0, 0.05) is 19.0 Å². The molecule has 2 heteroatoms. The lowest BCUT2D eigenvalue weighted by atomic mass is 9.98. The van der Waals surface area contributed by atoms with Gasteiger partial charge >= 0.3 is 0 Å². The maximum absolute atomic E-state index is 12.1. The number of amides is 1. The first kappa shape index (κ1) is 16.2. The van der Waals surface area contributed by atoms with Crippen molar-refractivity contribution >= 4 is 5.91 Å². The Morgan fingerprint density at radius 2 is 2.06 bits per heavy atom. The molecule has 0 radical (unpaired) electrons. The van der Waals surface area contributed by atoms with E-state index in [-0.39, 0.29) is 5.92 Å². The van der Waals surface area contributed by atoms with Gasteiger partial charge in [-0.1, -0.05) is 45.8 Å². The number of carbonyl (C=O) groups excluding carboxylic acids is 1. The van der Waals surface area contributed by atoms with Crippen molar-refractivity contribution in [1.82, 2.24) is 4.90 Å². The molecule has 100 valence electrons. The highest BCUT2D eigenvalue weighted by Crippen LogP contribution is 2.18. The average molecular weight is 239 g/mol. The Labute approximate surface area is 107 Å². The van der Waals surface area contributed by atoms with Crippen molar-refractivity contribution in [3.8, 4) is 0 Å². The van der Waals surface area contributed by atoms with Crippen LogP contribution in [0.3, 0.4) is 0 Å². The summed E-state index contributed by atoms with van der Waals surface area (Å²) < 4.78 is 0. The molecule has 0 aromatic carbocycles. The summed E-state index contributed by atoms with van der Waals surface area (Å²) in [6, 6.07) is 0. The predicted molar refractivity (Wildman–Crippen MR) is 75.0 cm³/mol. The third kappa shape index (κ3) is 5.38. The van der Waals surface area contributed by atoms with Gasteiger partial charge in [0.2, 0.25) is 5.91 Å². The van der Waals surface area contributed by atoms with Crippen LogP contribution in [-0.2, 0) is 4.79 Å². The molecule has 0 N–H and O–H groups in total. The van der Waals surface area contributed by atoms with Gasteiger partial charge < -0.3 is 4.90 Å². The zero-order valence-corrected chi connectivity index (χ0v) is 12.3. The minimum absolute atomic E-state index is 0.252. The fourth-order valence-electron chi connectivity index (χ4n) is 2.08. The quantitative estimate of drug-likeness (QED) is 0.679. The normalized spacial score (nSPS) is 16.8. The summed E-state index contributed by atoms with van der Waals surface area (Å²) in [6.07, 6.45) is 6.35. The predicted octanol–water partition coefficient (Wildman–Crippen LogP) is 4.02. The fourth-order valence-corrected chi connectivity index (χ4v) is 2.08. The Morgan fingerprint density at radius 3 is 2.47 bits per heavy atom. The van der Waals surface area contributed by atoms with Crippen molar-refractivity contribution in [1.29, 1.82) is 0 Å². The largest absolute Gasteiger partial charge is 0.338 e. The van der Waals surface area contributed by atoms with Gasteiger partial charge in [-0.05, 0) is 26.2 Å². The number of nitrogens with zero attached hydrogens (tertiary/aromatic N) is 1. The number of hydrogen-bond donors (Lipinski definition) is 0. The molecule has 0 fully saturated rings. The van der Waals surface area contributed by atoms with Gasteiger partial charge in [0.05, 0.1) is 0 Å². The van der Waals surface area contributed by atoms with Gasteiger partial charge in [0.15, 0.2) is 0 Å². The molecule has 1 unspecified atom stereocenters. The molecule has 2 nitrogen and oxygen atoms in total. The number of carbonyl (C=O) groups is 1. The SMILES string of the molecule is CC.CCCC(CC)C(=O)N1CC=C(C)CC1. The Kier molecular flexibility index (Phi) is 8.83. The Hall–Kier alpha value is -0.790. The monoisotopic (exact) mass is 239 g/mol. The molecule has 17 heavy (non-hydrogen) atoms. The first-order chi connectivity index (χ1) is 8.19. The minimum Gasteiger partial charge on any atom is -0.338 e. The molecule has 0 bridgehead atoms. The van der Waals surface area contributed by atoms with Crippen LogP contribution < -0.4 is 0 Å². The molecule has 0 saturated carbocycles. The van der Waals surface area contributed by atoms with Crippen LogP contribution in [-0.4, -0.2) is 23.9 Å². The van der Waals surface area contributed by atoms with Crippen LogP contribution in [0.2, 0.25) is 0 Å². The van der Waals surface area contributed by atoms with Gasteiger partial charge in [-0.15, -0.1) is 0 Å². The standard InChI is InChI=1S/C13H23NO.C2H6/c1-4-6-12(5-2)13(15)14-9-7-11(3)8-10-14;1-2/h7,12H,4-6,8-10H2,1-3H3;1-2H3. The van der Waals surface area contributed by atoms with Crippen LogP contribution in [0.25, 0.3) is 0 Å². The zero-order valence-electron chi connectivity index (χ0n) is 12.3. The van der Waals surface area contributed by atoms with Gasteiger partial charge in [0.25, 0.3) is 0 Å². The highest BCUT2D eigenvalue weighted by Gasteiger charge is 2.22. The van der Waals surface area contributed by atoms with Crippen molar-refractivity contribution in [2.45, 2.75) is 60.3 Å². The molecule has 1 aliphatic rings. The maximum atomic E-state index is 12.1. The second-order valence-electron chi connectivity index (χ2n) is 4.48. The summed E-state index contributed by atoms with van der Waals surface area (Å²) >= 11 is 0. The molecular weight excluding hydrogens is 210 g/mol. The third-order valence-electron chi connectivity index (χ3n) is 3.23. The zero-order chi connectivity index (χ0) is 13.3. The highest BCUT2D eigenvalue weighted by molar-refractivity contribution is 5.79. The molecule has 1 amide bonds. The third-order valence-corrected chi connectivity index (χ3v) is 3.23. The lowest BCUT2D eigenvalue weighted by Crippen LogP contribution is -2.38. The Balaban J connectivity index is 0.00000121. The molecule has 0 spiro atoms. The second-order valence-corrected chi connectivity index (χ2v) is 4.48. The Bertz CT molecular complexity index is 245. The molecule has 0 aliphatic carbocycles. The summed E-state index contributed by atoms with van der Waals surface area (Å²) in [4.78, 5) is 14.1. The average Bonchev–Trinajstić information content (AvgIpc) is 2.38. The van der Waals surface area contributed by atoms with Crippen LogP contribution in [0, 0.1) is 5.92 Å². The highest BCUT2D eigenvalue weighted by atomic mass is 16.2. The lowest BCUT2D eigenvalue weighted by molar-refractivity contribution is -0.135. The van der Waals surface area contributed by atoms with Gasteiger partial charge in [-0.2, -0.15) is 0 Å². The Morgan fingerprint density at radius 1 is 1.41 bits per heavy atom. The van der Waals surface area contributed by atoms with Gasteiger partial charge in [-0.25, -0.2) is 0 Å². The van der Waals surface area contributed by atoms with E-state index in [1.165, 1.54) is 5.57 Å². The van der Waals surface area contributed by atoms with Crippen molar-refractivity contribution in [2.75, 3.05) is 13.1 Å². The number of rotatable bonds is 4. The topological polar surface area (TPSA) is 20.3 Å². The van der Waals surface area contributed by atoms with Crippen molar-refractivity contribution in [3.63, 3.8) is 0 Å². The molecule has 1 aliphatic heterocycles. The molecule has 0 aromatic heterocycles. The van der Waals surface area contributed by atoms with E-state index in [4.69, 9.17) is 0 Å². The van der Waals surface area contributed by atoms with E-state index >= 15 is 0 Å².